The van der Waals surface area contributed by atoms with Crippen LogP contribution in [-0.4, -0.2) is 18.5 Å². The Labute approximate surface area is 141 Å². The van der Waals surface area contributed by atoms with E-state index in [1.807, 2.05) is 0 Å². The molecule has 0 saturated heterocycles. The molecule has 114 valence electrons. The lowest BCUT2D eigenvalue weighted by atomic mass is 10.2. The predicted molar refractivity (Wildman–Crippen MR) is 86.8 cm³/mol. The fraction of sp³-hybridized carbons (Fsp3) is 0.0667. The van der Waals surface area contributed by atoms with Crippen molar-refractivity contribution in [2.45, 2.75) is 0 Å². The van der Waals surface area contributed by atoms with Crippen molar-refractivity contribution >= 4 is 52.4 Å². The van der Waals surface area contributed by atoms with Crippen molar-refractivity contribution in [1.29, 1.82) is 0 Å². The molecule has 0 atom stereocenters. The molecule has 0 aromatic heterocycles. The van der Waals surface area contributed by atoms with E-state index in [2.05, 4.69) is 5.32 Å². The standard InChI is InChI=1S/C15H10Cl3NO3/c16-10-3-1-2-9(4-10)15(21)22-8-14(20)19-13-6-11(17)5-12(18)7-13/h1-7H,8H2,(H,19,20). The second-order valence-corrected chi connectivity index (χ2v) is 5.60. The van der Waals surface area contributed by atoms with E-state index in [1.54, 1.807) is 18.2 Å². The van der Waals surface area contributed by atoms with Gasteiger partial charge in [0.1, 0.15) is 0 Å². The van der Waals surface area contributed by atoms with Crippen LogP contribution in [0.15, 0.2) is 42.5 Å². The van der Waals surface area contributed by atoms with Crippen LogP contribution in [0.3, 0.4) is 0 Å². The molecule has 0 aliphatic carbocycles. The number of anilines is 1. The summed E-state index contributed by atoms with van der Waals surface area (Å²) in [6.07, 6.45) is 0. The molecule has 0 heterocycles. The van der Waals surface area contributed by atoms with E-state index in [1.165, 1.54) is 24.3 Å². The first-order valence-corrected chi connectivity index (χ1v) is 7.26. The van der Waals surface area contributed by atoms with Gasteiger partial charge in [0.2, 0.25) is 0 Å². The van der Waals surface area contributed by atoms with Crippen LogP contribution >= 0.6 is 34.8 Å². The van der Waals surface area contributed by atoms with Gasteiger partial charge in [0, 0.05) is 20.8 Å². The van der Waals surface area contributed by atoms with Crippen LogP contribution in [0.5, 0.6) is 0 Å². The number of hydrogen-bond acceptors (Lipinski definition) is 3. The minimum Gasteiger partial charge on any atom is -0.452 e. The molecule has 2 rings (SSSR count). The molecule has 4 nitrogen and oxygen atoms in total. The highest BCUT2D eigenvalue weighted by Gasteiger charge is 2.11. The Morgan fingerprint density at radius 1 is 0.955 bits per heavy atom. The van der Waals surface area contributed by atoms with E-state index in [0.29, 0.717) is 20.8 Å². The lowest BCUT2D eigenvalue weighted by Crippen LogP contribution is -2.20. The Morgan fingerprint density at radius 2 is 1.64 bits per heavy atom. The van der Waals surface area contributed by atoms with Gasteiger partial charge in [0.05, 0.1) is 5.56 Å². The zero-order valence-corrected chi connectivity index (χ0v) is 13.4. The van der Waals surface area contributed by atoms with Crippen molar-refractivity contribution in [1.82, 2.24) is 0 Å². The number of benzene rings is 2. The Balaban J connectivity index is 1.91. The normalized spacial score (nSPS) is 10.1. The molecule has 0 saturated carbocycles. The number of carbonyl (C=O) groups excluding carboxylic acids is 2. The number of amides is 1. The number of hydrogen-bond donors (Lipinski definition) is 1. The van der Waals surface area contributed by atoms with Crippen LogP contribution in [0.2, 0.25) is 15.1 Å². The lowest BCUT2D eigenvalue weighted by Gasteiger charge is -2.07. The van der Waals surface area contributed by atoms with Gasteiger partial charge in [-0.3, -0.25) is 4.79 Å². The molecule has 0 spiro atoms. The second kappa shape index (κ2) is 7.49. The molecule has 7 heteroatoms. The van der Waals surface area contributed by atoms with Crippen LogP contribution in [0.4, 0.5) is 5.69 Å². The van der Waals surface area contributed by atoms with Crippen LogP contribution in [-0.2, 0) is 9.53 Å². The van der Waals surface area contributed by atoms with Gasteiger partial charge < -0.3 is 10.1 Å². The summed E-state index contributed by atoms with van der Waals surface area (Å²) >= 11 is 17.4. The summed E-state index contributed by atoms with van der Waals surface area (Å²) in [5.74, 6) is -1.14. The molecule has 0 bridgehead atoms. The number of carbonyl (C=O) groups is 2. The van der Waals surface area contributed by atoms with Crippen LogP contribution in [0.25, 0.3) is 0 Å². The predicted octanol–water partition coefficient (Wildman–Crippen LogP) is 4.44. The van der Waals surface area contributed by atoms with Gasteiger partial charge >= 0.3 is 5.97 Å². The monoisotopic (exact) mass is 357 g/mol. The number of esters is 1. The molecule has 0 aliphatic heterocycles. The van der Waals surface area contributed by atoms with Crippen molar-refractivity contribution in [3.05, 3.63) is 63.1 Å². The van der Waals surface area contributed by atoms with E-state index in [-0.39, 0.29) is 5.56 Å². The van der Waals surface area contributed by atoms with Crippen molar-refractivity contribution in [2.24, 2.45) is 0 Å². The minimum atomic E-state index is -0.637. The van der Waals surface area contributed by atoms with Crippen molar-refractivity contribution < 1.29 is 14.3 Å². The average molecular weight is 359 g/mol. The first-order chi connectivity index (χ1) is 10.4. The second-order valence-electron chi connectivity index (χ2n) is 4.29. The van der Waals surface area contributed by atoms with Gasteiger partial charge in [0.25, 0.3) is 5.91 Å². The van der Waals surface area contributed by atoms with Gasteiger partial charge in [-0.25, -0.2) is 4.79 Å². The van der Waals surface area contributed by atoms with Gasteiger partial charge in [-0.2, -0.15) is 0 Å². The molecule has 1 N–H and O–H groups in total. The Morgan fingerprint density at radius 3 is 2.27 bits per heavy atom. The molecule has 2 aromatic rings. The molecule has 0 unspecified atom stereocenters. The molecule has 0 aliphatic rings. The van der Waals surface area contributed by atoms with E-state index in [9.17, 15) is 9.59 Å². The highest BCUT2D eigenvalue weighted by atomic mass is 35.5. The molecular formula is C15H10Cl3NO3. The summed E-state index contributed by atoms with van der Waals surface area (Å²) in [5.41, 5.74) is 0.687. The summed E-state index contributed by atoms with van der Waals surface area (Å²) < 4.78 is 4.90. The molecule has 0 fully saturated rings. The third-order valence-electron chi connectivity index (χ3n) is 2.54. The van der Waals surface area contributed by atoms with Crippen molar-refractivity contribution in [3.63, 3.8) is 0 Å². The smallest absolute Gasteiger partial charge is 0.338 e. The molecule has 1 amide bonds. The number of rotatable bonds is 4. The summed E-state index contributed by atoms with van der Waals surface area (Å²) in [5, 5.41) is 3.72. The SMILES string of the molecule is O=C(COC(=O)c1cccc(Cl)c1)Nc1cc(Cl)cc(Cl)c1. The average Bonchev–Trinajstić information content (AvgIpc) is 2.43. The summed E-state index contributed by atoms with van der Waals surface area (Å²) in [4.78, 5) is 23.5. The fourth-order valence-corrected chi connectivity index (χ4v) is 2.37. The van der Waals surface area contributed by atoms with Gasteiger partial charge in [-0.1, -0.05) is 40.9 Å². The molecule has 0 radical (unpaired) electrons. The molecule has 2 aromatic carbocycles. The number of nitrogens with one attached hydrogen (secondary N) is 1. The summed E-state index contributed by atoms with van der Waals surface area (Å²) in [6.45, 7) is -0.435. The van der Waals surface area contributed by atoms with E-state index in [4.69, 9.17) is 39.5 Å². The van der Waals surface area contributed by atoms with E-state index < -0.39 is 18.5 Å². The summed E-state index contributed by atoms with van der Waals surface area (Å²) in [7, 11) is 0. The van der Waals surface area contributed by atoms with E-state index >= 15 is 0 Å². The van der Waals surface area contributed by atoms with Crippen molar-refractivity contribution in [2.75, 3.05) is 11.9 Å². The zero-order valence-electron chi connectivity index (χ0n) is 11.1. The van der Waals surface area contributed by atoms with Gasteiger partial charge in [-0.05, 0) is 36.4 Å². The first-order valence-electron chi connectivity index (χ1n) is 6.12. The first kappa shape index (κ1) is 16.6. The third-order valence-corrected chi connectivity index (χ3v) is 3.21. The highest BCUT2D eigenvalue weighted by Crippen LogP contribution is 2.22. The molecule has 22 heavy (non-hydrogen) atoms. The van der Waals surface area contributed by atoms with Crippen LogP contribution < -0.4 is 5.32 Å². The maximum Gasteiger partial charge on any atom is 0.338 e. The zero-order chi connectivity index (χ0) is 16.1. The lowest BCUT2D eigenvalue weighted by molar-refractivity contribution is -0.119. The maximum atomic E-state index is 11.8. The van der Waals surface area contributed by atoms with Gasteiger partial charge in [-0.15, -0.1) is 0 Å². The van der Waals surface area contributed by atoms with Crippen molar-refractivity contribution in [3.8, 4) is 0 Å². The van der Waals surface area contributed by atoms with Crippen LogP contribution in [0, 0.1) is 0 Å². The Bertz CT molecular complexity index is 699. The Kier molecular flexibility index (Phi) is 5.66. The van der Waals surface area contributed by atoms with Gasteiger partial charge in [0.15, 0.2) is 6.61 Å². The van der Waals surface area contributed by atoms with E-state index in [0.717, 1.165) is 0 Å². The fourth-order valence-electron chi connectivity index (χ4n) is 1.65. The largest absolute Gasteiger partial charge is 0.452 e. The Hall–Kier alpha value is -1.75. The van der Waals surface area contributed by atoms with Crippen LogP contribution in [0.1, 0.15) is 10.4 Å². The quantitative estimate of drug-likeness (QED) is 0.822. The third kappa shape index (κ3) is 4.91. The minimum absolute atomic E-state index is 0.270. The molecular weight excluding hydrogens is 349 g/mol. The number of halogens is 3. The topological polar surface area (TPSA) is 55.4 Å². The maximum absolute atomic E-state index is 11.8. The number of ether oxygens (including phenoxy) is 1. The highest BCUT2D eigenvalue weighted by molar-refractivity contribution is 6.35. The summed E-state index contributed by atoms with van der Waals surface area (Å²) in [6, 6.07) is 10.9.